The van der Waals surface area contributed by atoms with Crippen LogP contribution in [0.4, 0.5) is 0 Å². The fourth-order valence-electron chi connectivity index (χ4n) is 2.48. The molecule has 1 aromatic carbocycles. The Hall–Kier alpha value is -1.37. The second-order valence-corrected chi connectivity index (χ2v) is 5.83. The van der Waals surface area contributed by atoms with Gasteiger partial charge >= 0.3 is 0 Å². The first-order valence-corrected chi connectivity index (χ1v) is 6.26. The number of hydrogen-bond acceptors (Lipinski definition) is 1. The van der Waals surface area contributed by atoms with Gasteiger partial charge in [-0.1, -0.05) is 43.7 Å². The molecule has 0 heterocycles. The van der Waals surface area contributed by atoms with Crippen LogP contribution in [0, 0.1) is 12.3 Å². The highest BCUT2D eigenvalue weighted by Crippen LogP contribution is 2.42. The lowest BCUT2D eigenvalue weighted by Gasteiger charge is -2.32. The third-order valence-electron chi connectivity index (χ3n) is 3.66. The molecule has 2 rings (SSSR count). The number of benzene rings is 1. The monoisotopic (exact) mass is 228 g/mol. The summed E-state index contributed by atoms with van der Waals surface area (Å²) >= 11 is 0. The SMILES string of the molecule is Cc1ccc(C2=C(C=O)CCC(C)(C)C2)cc1. The summed E-state index contributed by atoms with van der Waals surface area (Å²) in [5, 5.41) is 0. The van der Waals surface area contributed by atoms with Gasteiger partial charge in [-0.15, -0.1) is 0 Å². The van der Waals surface area contributed by atoms with E-state index in [0.717, 1.165) is 31.1 Å². The van der Waals surface area contributed by atoms with E-state index in [9.17, 15) is 4.79 Å². The van der Waals surface area contributed by atoms with Gasteiger partial charge in [0.05, 0.1) is 0 Å². The molecule has 1 aromatic rings. The molecule has 0 fully saturated rings. The van der Waals surface area contributed by atoms with Crippen molar-refractivity contribution in [3.8, 4) is 0 Å². The van der Waals surface area contributed by atoms with Gasteiger partial charge in [-0.25, -0.2) is 0 Å². The molecule has 0 bridgehead atoms. The highest BCUT2D eigenvalue weighted by molar-refractivity contribution is 5.89. The standard InChI is InChI=1S/C16H20O/c1-12-4-6-13(7-5-12)15-10-16(2,3)9-8-14(15)11-17/h4-7,11H,8-10H2,1-3H3. The quantitative estimate of drug-likeness (QED) is 0.695. The smallest absolute Gasteiger partial charge is 0.146 e. The van der Waals surface area contributed by atoms with E-state index in [0.29, 0.717) is 5.41 Å². The minimum absolute atomic E-state index is 0.312. The maximum Gasteiger partial charge on any atom is 0.146 e. The summed E-state index contributed by atoms with van der Waals surface area (Å²) in [4.78, 5) is 11.2. The Morgan fingerprint density at radius 3 is 2.41 bits per heavy atom. The molecule has 1 aliphatic rings. The highest BCUT2D eigenvalue weighted by atomic mass is 16.1. The predicted molar refractivity (Wildman–Crippen MR) is 71.8 cm³/mol. The molecule has 90 valence electrons. The van der Waals surface area contributed by atoms with Crippen molar-refractivity contribution < 1.29 is 4.79 Å². The van der Waals surface area contributed by atoms with Crippen LogP contribution in [0.5, 0.6) is 0 Å². The van der Waals surface area contributed by atoms with Crippen LogP contribution in [-0.4, -0.2) is 6.29 Å². The number of carbonyl (C=O) groups is 1. The van der Waals surface area contributed by atoms with Crippen molar-refractivity contribution in [3.63, 3.8) is 0 Å². The first kappa shape index (κ1) is 12.1. The molecule has 1 nitrogen and oxygen atoms in total. The first-order valence-electron chi connectivity index (χ1n) is 6.26. The normalized spacial score (nSPS) is 19.2. The summed E-state index contributed by atoms with van der Waals surface area (Å²) in [6.07, 6.45) is 4.07. The van der Waals surface area contributed by atoms with Crippen molar-refractivity contribution in [3.05, 3.63) is 41.0 Å². The van der Waals surface area contributed by atoms with Crippen molar-refractivity contribution in [1.82, 2.24) is 0 Å². The van der Waals surface area contributed by atoms with E-state index < -0.39 is 0 Å². The number of allylic oxidation sites excluding steroid dienone is 2. The molecule has 0 N–H and O–H groups in total. The molecule has 0 aliphatic heterocycles. The molecular weight excluding hydrogens is 208 g/mol. The van der Waals surface area contributed by atoms with Gasteiger partial charge in [0, 0.05) is 0 Å². The summed E-state index contributed by atoms with van der Waals surface area (Å²) in [5.41, 5.74) is 5.03. The maximum absolute atomic E-state index is 11.2. The van der Waals surface area contributed by atoms with Crippen molar-refractivity contribution in [2.24, 2.45) is 5.41 Å². The van der Waals surface area contributed by atoms with Gasteiger partial charge in [0.2, 0.25) is 0 Å². The van der Waals surface area contributed by atoms with Crippen LogP contribution in [0.25, 0.3) is 5.57 Å². The lowest BCUT2D eigenvalue weighted by molar-refractivity contribution is -0.105. The molecule has 0 spiro atoms. The van der Waals surface area contributed by atoms with Crippen LogP contribution in [0.2, 0.25) is 0 Å². The van der Waals surface area contributed by atoms with E-state index in [4.69, 9.17) is 0 Å². The highest BCUT2D eigenvalue weighted by Gasteiger charge is 2.27. The molecule has 0 aromatic heterocycles. The second kappa shape index (κ2) is 4.48. The third kappa shape index (κ3) is 2.66. The molecule has 0 radical (unpaired) electrons. The molecule has 1 heteroatoms. The molecule has 17 heavy (non-hydrogen) atoms. The maximum atomic E-state index is 11.2. The molecule has 0 saturated carbocycles. The lowest BCUT2D eigenvalue weighted by Crippen LogP contribution is -2.18. The summed E-state index contributed by atoms with van der Waals surface area (Å²) < 4.78 is 0. The van der Waals surface area contributed by atoms with E-state index in [1.807, 2.05) is 0 Å². The summed E-state index contributed by atoms with van der Waals surface area (Å²) in [6.45, 7) is 6.65. The zero-order chi connectivity index (χ0) is 12.5. The fraction of sp³-hybridized carbons (Fsp3) is 0.438. The van der Waals surface area contributed by atoms with Gasteiger partial charge in [-0.3, -0.25) is 4.79 Å². The van der Waals surface area contributed by atoms with Crippen molar-refractivity contribution >= 4 is 11.9 Å². The Labute approximate surface area is 104 Å². The average molecular weight is 228 g/mol. The lowest BCUT2D eigenvalue weighted by atomic mass is 9.73. The van der Waals surface area contributed by atoms with Crippen LogP contribution in [0.3, 0.4) is 0 Å². The van der Waals surface area contributed by atoms with Gasteiger partial charge in [0.1, 0.15) is 6.29 Å². The zero-order valence-corrected chi connectivity index (χ0v) is 10.9. The van der Waals surface area contributed by atoms with E-state index in [-0.39, 0.29) is 0 Å². The molecule has 0 atom stereocenters. The second-order valence-electron chi connectivity index (χ2n) is 5.83. The summed E-state index contributed by atoms with van der Waals surface area (Å²) in [6, 6.07) is 8.50. The Kier molecular flexibility index (Phi) is 3.19. The number of hydrogen-bond donors (Lipinski definition) is 0. The van der Waals surface area contributed by atoms with Gasteiger partial charge in [-0.2, -0.15) is 0 Å². The van der Waals surface area contributed by atoms with E-state index >= 15 is 0 Å². The number of aryl methyl sites for hydroxylation is 1. The van der Waals surface area contributed by atoms with Crippen molar-refractivity contribution in [2.45, 2.75) is 40.0 Å². The molecular formula is C16H20O. The van der Waals surface area contributed by atoms with Crippen molar-refractivity contribution in [1.29, 1.82) is 0 Å². The topological polar surface area (TPSA) is 17.1 Å². The Morgan fingerprint density at radius 2 is 1.82 bits per heavy atom. The number of carbonyl (C=O) groups excluding carboxylic acids is 1. The fourth-order valence-corrected chi connectivity index (χ4v) is 2.48. The van der Waals surface area contributed by atoms with Crippen molar-refractivity contribution in [2.75, 3.05) is 0 Å². The van der Waals surface area contributed by atoms with Crippen LogP contribution >= 0.6 is 0 Å². The average Bonchev–Trinajstić information content (AvgIpc) is 2.29. The predicted octanol–water partition coefficient (Wildman–Crippen LogP) is 4.16. The van der Waals surface area contributed by atoms with E-state index in [2.05, 4.69) is 45.0 Å². The van der Waals surface area contributed by atoms with Gasteiger partial charge in [0.15, 0.2) is 0 Å². The van der Waals surface area contributed by atoms with Gasteiger partial charge in [-0.05, 0) is 48.3 Å². The zero-order valence-electron chi connectivity index (χ0n) is 10.9. The van der Waals surface area contributed by atoms with Crippen LogP contribution in [-0.2, 0) is 4.79 Å². The largest absolute Gasteiger partial charge is 0.298 e. The molecule has 0 amide bonds. The van der Waals surface area contributed by atoms with Crippen LogP contribution in [0.15, 0.2) is 29.8 Å². The summed E-state index contributed by atoms with van der Waals surface area (Å²) in [5.74, 6) is 0. The van der Waals surface area contributed by atoms with Crippen LogP contribution in [0.1, 0.15) is 44.2 Å². The molecule has 0 saturated heterocycles. The Morgan fingerprint density at radius 1 is 1.18 bits per heavy atom. The Bertz CT molecular complexity index is 449. The number of rotatable bonds is 2. The minimum atomic E-state index is 0.312. The summed E-state index contributed by atoms with van der Waals surface area (Å²) in [7, 11) is 0. The number of aldehydes is 1. The Balaban J connectivity index is 2.42. The van der Waals surface area contributed by atoms with E-state index in [1.165, 1.54) is 16.7 Å². The minimum Gasteiger partial charge on any atom is -0.298 e. The van der Waals surface area contributed by atoms with E-state index in [1.54, 1.807) is 0 Å². The molecule has 0 unspecified atom stereocenters. The third-order valence-corrected chi connectivity index (χ3v) is 3.66. The van der Waals surface area contributed by atoms with Gasteiger partial charge < -0.3 is 0 Å². The van der Waals surface area contributed by atoms with Gasteiger partial charge in [0.25, 0.3) is 0 Å². The first-order chi connectivity index (χ1) is 8.02. The van der Waals surface area contributed by atoms with Crippen LogP contribution < -0.4 is 0 Å². The molecule has 1 aliphatic carbocycles.